The molecule has 0 amide bonds. The second kappa shape index (κ2) is 5.48. The molecule has 0 saturated carbocycles. The molecule has 0 aliphatic rings. The van der Waals surface area contributed by atoms with Crippen molar-refractivity contribution >= 4 is 23.2 Å². The van der Waals surface area contributed by atoms with E-state index < -0.39 is 0 Å². The van der Waals surface area contributed by atoms with E-state index in [2.05, 4.69) is 49.5 Å². The number of aryl methyl sites for hydroxylation is 1. The Morgan fingerprint density at radius 2 is 2.05 bits per heavy atom. The van der Waals surface area contributed by atoms with Crippen LogP contribution < -0.4 is 5.43 Å². The van der Waals surface area contributed by atoms with Gasteiger partial charge < -0.3 is 4.98 Å². The Hall–Kier alpha value is -2.76. The van der Waals surface area contributed by atoms with Crippen molar-refractivity contribution in [2.45, 2.75) is 13.3 Å². The molecular formula is C14H14N6. The molecule has 3 aromatic rings. The number of imidazole rings is 1. The minimum Gasteiger partial charge on any atom is -0.340 e. The standard InChI is InChI=1S/C14H14N6/c1-2-10-3-5-11(6-4-10)7-19-20-14-12-13(16-8-15-12)17-9-18-14/h3-9H,2H2,1H3,(H2,15,16,17,18,20)/b19-7-. The Balaban J connectivity index is 1.75. The second-order valence-electron chi connectivity index (χ2n) is 4.29. The number of aromatic amines is 1. The van der Waals surface area contributed by atoms with Gasteiger partial charge in [0.2, 0.25) is 0 Å². The van der Waals surface area contributed by atoms with Crippen LogP contribution in [0.25, 0.3) is 11.2 Å². The van der Waals surface area contributed by atoms with Crippen molar-refractivity contribution in [3.63, 3.8) is 0 Å². The predicted octanol–water partition coefficient (Wildman–Crippen LogP) is 2.36. The maximum Gasteiger partial charge on any atom is 0.182 e. The quantitative estimate of drug-likeness (QED) is 0.561. The van der Waals surface area contributed by atoms with Crippen LogP contribution in [0.4, 0.5) is 5.82 Å². The van der Waals surface area contributed by atoms with Crippen LogP contribution >= 0.6 is 0 Å². The average molecular weight is 266 g/mol. The van der Waals surface area contributed by atoms with Crippen molar-refractivity contribution in [2.24, 2.45) is 5.10 Å². The summed E-state index contributed by atoms with van der Waals surface area (Å²) in [7, 11) is 0. The van der Waals surface area contributed by atoms with E-state index in [1.165, 1.54) is 11.9 Å². The first-order valence-electron chi connectivity index (χ1n) is 6.39. The smallest absolute Gasteiger partial charge is 0.182 e. The van der Waals surface area contributed by atoms with Crippen molar-refractivity contribution in [3.8, 4) is 0 Å². The average Bonchev–Trinajstić information content (AvgIpc) is 2.97. The van der Waals surface area contributed by atoms with Crippen LogP contribution in [0.15, 0.2) is 42.0 Å². The molecule has 2 N–H and O–H groups in total. The normalized spacial score (nSPS) is 11.2. The summed E-state index contributed by atoms with van der Waals surface area (Å²) in [6.07, 6.45) is 5.83. The summed E-state index contributed by atoms with van der Waals surface area (Å²) >= 11 is 0. The number of hydrogen-bond acceptors (Lipinski definition) is 5. The molecule has 0 radical (unpaired) electrons. The summed E-state index contributed by atoms with van der Waals surface area (Å²) in [5.74, 6) is 0.605. The first-order chi connectivity index (χ1) is 9.86. The highest BCUT2D eigenvalue weighted by Crippen LogP contribution is 2.14. The van der Waals surface area contributed by atoms with Gasteiger partial charge in [0.25, 0.3) is 0 Å². The largest absolute Gasteiger partial charge is 0.340 e. The molecule has 0 spiro atoms. The third-order valence-electron chi connectivity index (χ3n) is 3.00. The molecule has 3 rings (SSSR count). The Morgan fingerprint density at radius 3 is 2.85 bits per heavy atom. The molecule has 0 unspecified atom stereocenters. The third-order valence-corrected chi connectivity index (χ3v) is 3.00. The van der Waals surface area contributed by atoms with Crippen molar-refractivity contribution in [1.29, 1.82) is 0 Å². The van der Waals surface area contributed by atoms with E-state index in [9.17, 15) is 0 Å². The fourth-order valence-electron chi connectivity index (χ4n) is 1.86. The van der Waals surface area contributed by atoms with Gasteiger partial charge in [-0.2, -0.15) is 5.10 Å². The minimum atomic E-state index is 0.605. The van der Waals surface area contributed by atoms with Gasteiger partial charge in [-0.15, -0.1) is 0 Å². The van der Waals surface area contributed by atoms with E-state index in [0.717, 1.165) is 17.5 Å². The molecule has 6 nitrogen and oxygen atoms in total. The monoisotopic (exact) mass is 266 g/mol. The van der Waals surface area contributed by atoms with Crippen molar-refractivity contribution in [1.82, 2.24) is 19.9 Å². The van der Waals surface area contributed by atoms with Crippen LogP contribution in [0.2, 0.25) is 0 Å². The Bertz CT molecular complexity index is 729. The van der Waals surface area contributed by atoms with E-state index >= 15 is 0 Å². The molecule has 1 aromatic carbocycles. The van der Waals surface area contributed by atoms with Gasteiger partial charge in [-0.1, -0.05) is 31.2 Å². The van der Waals surface area contributed by atoms with Crippen LogP contribution in [0.5, 0.6) is 0 Å². The highest BCUT2D eigenvalue weighted by Gasteiger charge is 2.03. The van der Waals surface area contributed by atoms with Crippen LogP contribution in [0, 0.1) is 0 Å². The zero-order valence-corrected chi connectivity index (χ0v) is 11.0. The summed E-state index contributed by atoms with van der Waals surface area (Å²) in [5, 5.41) is 4.18. The van der Waals surface area contributed by atoms with E-state index in [4.69, 9.17) is 0 Å². The number of H-pyrrole nitrogens is 1. The van der Waals surface area contributed by atoms with Gasteiger partial charge in [0, 0.05) is 0 Å². The number of nitrogens with zero attached hydrogens (tertiary/aromatic N) is 4. The maximum atomic E-state index is 4.18. The molecular weight excluding hydrogens is 252 g/mol. The molecule has 0 aliphatic heterocycles. The summed E-state index contributed by atoms with van der Waals surface area (Å²) < 4.78 is 0. The highest BCUT2D eigenvalue weighted by molar-refractivity contribution is 5.84. The number of aromatic nitrogens is 4. The molecule has 20 heavy (non-hydrogen) atoms. The molecule has 0 atom stereocenters. The molecule has 0 aliphatic carbocycles. The molecule has 100 valence electrons. The number of hydrogen-bond donors (Lipinski definition) is 2. The van der Waals surface area contributed by atoms with Crippen LogP contribution in [0.1, 0.15) is 18.1 Å². The second-order valence-corrected chi connectivity index (χ2v) is 4.29. The van der Waals surface area contributed by atoms with Crippen LogP contribution in [0.3, 0.4) is 0 Å². The number of benzene rings is 1. The first kappa shape index (κ1) is 12.3. The fraction of sp³-hybridized carbons (Fsp3) is 0.143. The fourth-order valence-corrected chi connectivity index (χ4v) is 1.86. The van der Waals surface area contributed by atoms with Crippen LogP contribution in [-0.2, 0) is 6.42 Å². The summed E-state index contributed by atoms with van der Waals surface area (Å²) in [4.78, 5) is 15.2. The van der Waals surface area contributed by atoms with Gasteiger partial charge in [0.1, 0.15) is 11.8 Å². The lowest BCUT2D eigenvalue weighted by atomic mass is 10.1. The van der Waals surface area contributed by atoms with E-state index in [1.54, 1.807) is 12.5 Å². The van der Waals surface area contributed by atoms with Gasteiger partial charge in [0.05, 0.1) is 12.5 Å². The number of fused-ring (bicyclic) bond motifs is 1. The minimum absolute atomic E-state index is 0.605. The first-order valence-corrected chi connectivity index (χ1v) is 6.39. The van der Waals surface area contributed by atoms with Gasteiger partial charge in [-0.3, -0.25) is 5.43 Å². The predicted molar refractivity (Wildman–Crippen MR) is 78.7 cm³/mol. The number of rotatable bonds is 4. The Kier molecular flexibility index (Phi) is 3.36. The van der Waals surface area contributed by atoms with Crippen molar-refractivity contribution in [3.05, 3.63) is 48.0 Å². The van der Waals surface area contributed by atoms with Crippen molar-refractivity contribution in [2.75, 3.05) is 5.43 Å². The SMILES string of the molecule is CCc1ccc(/C=N\Nc2ncnc3nc[nH]c23)cc1. The summed E-state index contributed by atoms with van der Waals surface area (Å²) in [5.41, 5.74) is 6.60. The highest BCUT2D eigenvalue weighted by atomic mass is 15.3. The zero-order chi connectivity index (χ0) is 13.8. The molecule has 6 heteroatoms. The lowest BCUT2D eigenvalue weighted by molar-refractivity contribution is 1.14. The molecule has 0 bridgehead atoms. The lowest BCUT2D eigenvalue weighted by Crippen LogP contribution is -1.95. The topological polar surface area (TPSA) is 78.8 Å². The number of nitrogens with one attached hydrogen (secondary N) is 2. The third kappa shape index (κ3) is 2.49. The van der Waals surface area contributed by atoms with Gasteiger partial charge in [-0.25, -0.2) is 15.0 Å². The number of hydrazone groups is 1. The molecule has 0 saturated heterocycles. The van der Waals surface area contributed by atoms with Gasteiger partial charge in [-0.05, 0) is 17.5 Å². The van der Waals surface area contributed by atoms with E-state index in [-0.39, 0.29) is 0 Å². The van der Waals surface area contributed by atoms with Crippen molar-refractivity contribution < 1.29 is 0 Å². The lowest BCUT2D eigenvalue weighted by Gasteiger charge is -2.00. The van der Waals surface area contributed by atoms with Gasteiger partial charge >= 0.3 is 0 Å². The summed E-state index contributed by atoms with van der Waals surface area (Å²) in [6, 6.07) is 8.27. The molecule has 0 fully saturated rings. The van der Waals surface area contributed by atoms with E-state index in [0.29, 0.717) is 11.5 Å². The number of anilines is 1. The van der Waals surface area contributed by atoms with Gasteiger partial charge in [0.15, 0.2) is 11.5 Å². The Labute approximate surface area is 116 Å². The Morgan fingerprint density at radius 1 is 1.20 bits per heavy atom. The zero-order valence-electron chi connectivity index (χ0n) is 11.0. The molecule has 2 heterocycles. The maximum absolute atomic E-state index is 4.18. The van der Waals surface area contributed by atoms with E-state index in [1.807, 2.05) is 12.1 Å². The molecule has 2 aromatic heterocycles. The summed E-state index contributed by atoms with van der Waals surface area (Å²) in [6.45, 7) is 2.13. The van der Waals surface area contributed by atoms with Crippen LogP contribution in [-0.4, -0.2) is 26.2 Å².